The number of hydrogen-bond acceptors (Lipinski definition) is 5. The van der Waals surface area contributed by atoms with E-state index in [1.807, 2.05) is 6.07 Å². The monoisotopic (exact) mass is 316 g/mol. The first-order valence-corrected chi connectivity index (χ1v) is 7.01. The first-order valence-electron chi connectivity index (χ1n) is 7.01. The largest absolute Gasteiger partial charge is 0.495 e. The van der Waals surface area contributed by atoms with E-state index in [4.69, 9.17) is 19.9 Å². The third-order valence-electron chi connectivity index (χ3n) is 3.33. The van der Waals surface area contributed by atoms with Crippen LogP contribution in [0.25, 0.3) is 0 Å². The van der Waals surface area contributed by atoms with Crippen LogP contribution in [0.4, 0.5) is 11.4 Å². The number of rotatable bonds is 6. The van der Waals surface area contributed by atoms with Gasteiger partial charge in [-0.2, -0.15) is 0 Å². The summed E-state index contributed by atoms with van der Waals surface area (Å²) in [6.07, 6.45) is 0.215. The quantitative estimate of drug-likeness (QED) is 0.800. The van der Waals surface area contributed by atoms with Crippen LogP contribution in [0.15, 0.2) is 36.4 Å². The van der Waals surface area contributed by atoms with Crippen LogP contribution in [-0.4, -0.2) is 27.2 Å². The fourth-order valence-corrected chi connectivity index (χ4v) is 2.19. The maximum Gasteiger partial charge on any atom is 0.228 e. The van der Waals surface area contributed by atoms with Gasteiger partial charge in [0.05, 0.1) is 33.4 Å². The molecule has 0 aliphatic heterocycles. The second-order valence-corrected chi connectivity index (χ2v) is 4.87. The van der Waals surface area contributed by atoms with E-state index in [9.17, 15) is 4.79 Å². The number of carbonyl (C=O) groups is 1. The third-order valence-corrected chi connectivity index (χ3v) is 3.33. The van der Waals surface area contributed by atoms with Gasteiger partial charge in [0.15, 0.2) is 11.5 Å². The van der Waals surface area contributed by atoms with E-state index in [1.165, 1.54) is 0 Å². The van der Waals surface area contributed by atoms with E-state index in [-0.39, 0.29) is 12.3 Å². The molecule has 0 radical (unpaired) electrons. The summed E-state index contributed by atoms with van der Waals surface area (Å²) >= 11 is 0. The highest BCUT2D eigenvalue weighted by Gasteiger charge is 2.09. The summed E-state index contributed by atoms with van der Waals surface area (Å²) in [7, 11) is 4.67. The molecule has 2 aromatic carbocycles. The average Bonchev–Trinajstić information content (AvgIpc) is 2.54. The predicted molar refractivity (Wildman–Crippen MR) is 89.3 cm³/mol. The molecule has 0 spiro atoms. The van der Waals surface area contributed by atoms with Crippen molar-refractivity contribution >= 4 is 17.3 Å². The Morgan fingerprint density at radius 3 is 2.22 bits per heavy atom. The van der Waals surface area contributed by atoms with E-state index >= 15 is 0 Å². The molecule has 0 saturated carbocycles. The van der Waals surface area contributed by atoms with Crippen molar-refractivity contribution in [3.8, 4) is 17.2 Å². The molecule has 0 fully saturated rings. The lowest BCUT2D eigenvalue weighted by Crippen LogP contribution is -2.14. The minimum Gasteiger partial charge on any atom is -0.495 e. The molecule has 6 heteroatoms. The van der Waals surface area contributed by atoms with Crippen LogP contribution in [0.2, 0.25) is 0 Å². The van der Waals surface area contributed by atoms with Crippen molar-refractivity contribution in [3.05, 3.63) is 42.0 Å². The molecule has 0 bridgehead atoms. The number of nitrogens with one attached hydrogen (secondary N) is 1. The molecule has 3 N–H and O–H groups in total. The molecule has 1 amide bonds. The third kappa shape index (κ3) is 4.06. The van der Waals surface area contributed by atoms with Crippen LogP contribution >= 0.6 is 0 Å². The van der Waals surface area contributed by atoms with Gasteiger partial charge in [0.25, 0.3) is 0 Å². The molecule has 2 aromatic rings. The molecule has 0 unspecified atom stereocenters. The van der Waals surface area contributed by atoms with Crippen molar-refractivity contribution in [2.45, 2.75) is 6.42 Å². The van der Waals surface area contributed by atoms with Gasteiger partial charge in [-0.05, 0) is 35.9 Å². The number of anilines is 2. The molecule has 122 valence electrons. The smallest absolute Gasteiger partial charge is 0.228 e. The van der Waals surface area contributed by atoms with Crippen LogP contribution in [0.5, 0.6) is 17.2 Å². The number of carbonyl (C=O) groups excluding carboxylic acids is 1. The normalized spacial score (nSPS) is 10.0. The minimum atomic E-state index is -0.151. The summed E-state index contributed by atoms with van der Waals surface area (Å²) in [6.45, 7) is 0. The SMILES string of the molecule is COc1ccc(NC(=O)Cc2ccc(OC)c(OC)c2)cc1N. The summed E-state index contributed by atoms with van der Waals surface area (Å²) in [5, 5.41) is 2.80. The van der Waals surface area contributed by atoms with Gasteiger partial charge in [0.2, 0.25) is 5.91 Å². The molecular formula is C17H20N2O4. The van der Waals surface area contributed by atoms with E-state index < -0.39 is 0 Å². The maximum absolute atomic E-state index is 12.1. The molecule has 0 atom stereocenters. The minimum absolute atomic E-state index is 0.151. The van der Waals surface area contributed by atoms with Crippen LogP contribution in [0.1, 0.15) is 5.56 Å². The van der Waals surface area contributed by atoms with Gasteiger partial charge >= 0.3 is 0 Å². The Balaban J connectivity index is 2.06. The van der Waals surface area contributed by atoms with Crippen LogP contribution in [0, 0.1) is 0 Å². The number of nitrogen functional groups attached to an aromatic ring is 1. The lowest BCUT2D eigenvalue weighted by molar-refractivity contribution is -0.115. The molecule has 0 heterocycles. The molecule has 0 saturated heterocycles. The lowest BCUT2D eigenvalue weighted by atomic mass is 10.1. The molecule has 6 nitrogen and oxygen atoms in total. The second-order valence-electron chi connectivity index (χ2n) is 4.87. The molecule has 0 aliphatic rings. The Labute approximate surface area is 135 Å². The first-order chi connectivity index (χ1) is 11.1. The van der Waals surface area contributed by atoms with Gasteiger partial charge in [-0.15, -0.1) is 0 Å². The highest BCUT2D eigenvalue weighted by Crippen LogP contribution is 2.28. The van der Waals surface area contributed by atoms with E-state index in [2.05, 4.69) is 5.32 Å². The Kier molecular flexibility index (Phi) is 5.30. The molecular weight excluding hydrogens is 296 g/mol. The zero-order chi connectivity index (χ0) is 16.8. The van der Waals surface area contributed by atoms with E-state index in [0.717, 1.165) is 5.56 Å². The maximum atomic E-state index is 12.1. The number of hydrogen-bond donors (Lipinski definition) is 2. The number of nitrogens with two attached hydrogens (primary N) is 1. The highest BCUT2D eigenvalue weighted by atomic mass is 16.5. The van der Waals surface area contributed by atoms with Crippen LogP contribution < -0.4 is 25.3 Å². The van der Waals surface area contributed by atoms with Crippen molar-refractivity contribution in [2.75, 3.05) is 32.4 Å². The fraction of sp³-hybridized carbons (Fsp3) is 0.235. The summed E-state index contributed by atoms with van der Waals surface area (Å²) in [4.78, 5) is 12.1. The zero-order valence-corrected chi connectivity index (χ0v) is 13.4. The van der Waals surface area contributed by atoms with Crippen LogP contribution in [0.3, 0.4) is 0 Å². The standard InChI is InChI=1S/C17H20N2O4/c1-21-14-7-5-12(10-13(14)18)19-17(20)9-11-4-6-15(22-2)16(8-11)23-3/h4-8,10H,9,18H2,1-3H3,(H,19,20). The average molecular weight is 316 g/mol. The van der Waals surface area contributed by atoms with E-state index in [0.29, 0.717) is 28.6 Å². The first kappa shape index (κ1) is 16.5. The fourth-order valence-electron chi connectivity index (χ4n) is 2.19. The summed E-state index contributed by atoms with van der Waals surface area (Å²) < 4.78 is 15.5. The number of benzene rings is 2. The highest BCUT2D eigenvalue weighted by molar-refractivity contribution is 5.93. The molecule has 2 rings (SSSR count). The zero-order valence-electron chi connectivity index (χ0n) is 13.4. The van der Waals surface area contributed by atoms with E-state index in [1.54, 1.807) is 51.7 Å². The predicted octanol–water partition coefficient (Wildman–Crippen LogP) is 2.48. The summed E-state index contributed by atoms with van der Waals surface area (Å²) in [5.41, 5.74) is 7.73. The van der Waals surface area contributed by atoms with Gasteiger partial charge in [0.1, 0.15) is 5.75 Å². The topological polar surface area (TPSA) is 82.8 Å². The van der Waals surface area contributed by atoms with Gasteiger partial charge in [-0.25, -0.2) is 0 Å². The Hall–Kier alpha value is -2.89. The Bertz CT molecular complexity index is 701. The number of methoxy groups -OCH3 is 3. The Morgan fingerprint density at radius 1 is 0.957 bits per heavy atom. The molecule has 0 aliphatic carbocycles. The summed E-state index contributed by atoms with van der Waals surface area (Å²) in [5.74, 6) is 1.63. The van der Waals surface area contributed by atoms with Crippen molar-refractivity contribution in [3.63, 3.8) is 0 Å². The van der Waals surface area contributed by atoms with Crippen LogP contribution in [-0.2, 0) is 11.2 Å². The number of ether oxygens (including phenoxy) is 3. The van der Waals surface area contributed by atoms with Crippen molar-refractivity contribution < 1.29 is 19.0 Å². The van der Waals surface area contributed by atoms with Gasteiger partial charge in [-0.1, -0.05) is 6.07 Å². The van der Waals surface area contributed by atoms with Gasteiger partial charge in [0, 0.05) is 5.69 Å². The molecule has 0 aromatic heterocycles. The van der Waals surface area contributed by atoms with Gasteiger partial charge in [-0.3, -0.25) is 4.79 Å². The van der Waals surface area contributed by atoms with Gasteiger partial charge < -0.3 is 25.3 Å². The van der Waals surface area contributed by atoms with Crippen molar-refractivity contribution in [1.82, 2.24) is 0 Å². The van der Waals surface area contributed by atoms with Crippen molar-refractivity contribution in [1.29, 1.82) is 0 Å². The molecule has 23 heavy (non-hydrogen) atoms. The number of amides is 1. The Morgan fingerprint density at radius 2 is 1.61 bits per heavy atom. The summed E-state index contributed by atoms with van der Waals surface area (Å²) in [6, 6.07) is 10.5. The second kappa shape index (κ2) is 7.40. The lowest BCUT2D eigenvalue weighted by Gasteiger charge is -2.11. The van der Waals surface area contributed by atoms with Crippen molar-refractivity contribution in [2.24, 2.45) is 0 Å².